The van der Waals surface area contributed by atoms with Crippen LogP contribution in [0.3, 0.4) is 0 Å². The van der Waals surface area contributed by atoms with Crippen molar-refractivity contribution < 1.29 is 4.74 Å². The lowest BCUT2D eigenvalue weighted by atomic mass is 10.1. The van der Waals surface area contributed by atoms with Gasteiger partial charge in [0.05, 0.1) is 19.8 Å². The maximum absolute atomic E-state index is 5.48. The second-order valence-corrected chi connectivity index (χ2v) is 7.56. The minimum absolute atomic E-state index is 0.642. The predicted molar refractivity (Wildman–Crippen MR) is 91.4 cm³/mol. The first-order chi connectivity index (χ1) is 11.4. The number of hydrogen-bond donors (Lipinski definition) is 0. The number of aromatic nitrogens is 2. The van der Waals surface area contributed by atoms with E-state index in [-0.39, 0.29) is 0 Å². The molecule has 0 amide bonds. The van der Waals surface area contributed by atoms with Gasteiger partial charge in [-0.2, -0.15) is 0 Å². The molecule has 1 fully saturated rings. The molecule has 0 saturated carbocycles. The molecule has 0 N–H and O–H groups in total. The van der Waals surface area contributed by atoms with Crippen molar-refractivity contribution in [2.24, 2.45) is 5.92 Å². The molecule has 4 rings (SSSR count). The quantitative estimate of drug-likeness (QED) is 0.856. The SMILES string of the molecule is c1csc(CN2Cc3nccn3C[C@@H](CN3CCOCC3)C2)c1. The number of imidazole rings is 1. The monoisotopic (exact) mass is 332 g/mol. The Bertz CT molecular complexity index is 606. The summed E-state index contributed by atoms with van der Waals surface area (Å²) >= 11 is 1.85. The molecule has 0 aliphatic carbocycles. The third-order valence-electron chi connectivity index (χ3n) is 4.72. The molecule has 2 aromatic heterocycles. The average Bonchev–Trinajstić information content (AvgIpc) is 3.18. The van der Waals surface area contributed by atoms with E-state index in [0.29, 0.717) is 5.92 Å². The fourth-order valence-corrected chi connectivity index (χ4v) is 4.38. The van der Waals surface area contributed by atoms with Crippen molar-refractivity contribution in [1.82, 2.24) is 19.4 Å². The van der Waals surface area contributed by atoms with Gasteiger partial charge in [-0.05, 0) is 11.4 Å². The molecule has 23 heavy (non-hydrogen) atoms. The van der Waals surface area contributed by atoms with Crippen molar-refractivity contribution in [1.29, 1.82) is 0 Å². The summed E-state index contributed by atoms with van der Waals surface area (Å²) in [7, 11) is 0. The number of ether oxygens (including phenoxy) is 1. The molecule has 124 valence electrons. The highest BCUT2D eigenvalue weighted by Crippen LogP contribution is 2.20. The van der Waals surface area contributed by atoms with E-state index in [1.54, 1.807) is 0 Å². The molecule has 1 saturated heterocycles. The van der Waals surface area contributed by atoms with Gasteiger partial charge in [0, 0.05) is 62.5 Å². The standard InChI is InChI=1S/C17H24N4OS/c1-2-16(23-9-1)13-20-11-15(10-19-5-7-22-8-6-19)12-21-4-3-18-17(21)14-20/h1-4,9,15H,5-8,10-14H2/t15-/m0/s1. The van der Waals surface area contributed by atoms with Crippen molar-refractivity contribution in [3.63, 3.8) is 0 Å². The van der Waals surface area contributed by atoms with Gasteiger partial charge >= 0.3 is 0 Å². The molecule has 0 spiro atoms. The Morgan fingerprint density at radius 2 is 2.13 bits per heavy atom. The van der Waals surface area contributed by atoms with Crippen LogP contribution in [0.4, 0.5) is 0 Å². The molecule has 2 aromatic rings. The van der Waals surface area contributed by atoms with Gasteiger partial charge in [-0.15, -0.1) is 11.3 Å². The smallest absolute Gasteiger partial charge is 0.122 e. The first-order valence-electron chi connectivity index (χ1n) is 8.41. The first-order valence-corrected chi connectivity index (χ1v) is 9.29. The predicted octanol–water partition coefficient (Wildman–Crippen LogP) is 1.91. The molecule has 6 heteroatoms. The van der Waals surface area contributed by atoms with Crippen LogP contribution in [0.25, 0.3) is 0 Å². The van der Waals surface area contributed by atoms with Crippen molar-refractivity contribution in [3.8, 4) is 0 Å². The summed E-state index contributed by atoms with van der Waals surface area (Å²) < 4.78 is 7.83. The average molecular weight is 332 g/mol. The number of morpholine rings is 1. The van der Waals surface area contributed by atoms with Crippen molar-refractivity contribution >= 4 is 11.3 Å². The maximum atomic E-state index is 5.48. The van der Waals surface area contributed by atoms with Crippen LogP contribution in [0.1, 0.15) is 10.7 Å². The summed E-state index contributed by atoms with van der Waals surface area (Å²) in [6.07, 6.45) is 4.08. The molecule has 0 radical (unpaired) electrons. The van der Waals surface area contributed by atoms with Crippen molar-refractivity contribution in [3.05, 3.63) is 40.6 Å². The zero-order valence-corrected chi connectivity index (χ0v) is 14.2. The zero-order valence-electron chi connectivity index (χ0n) is 13.4. The van der Waals surface area contributed by atoms with Crippen LogP contribution in [-0.2, 0) is 24.4 Å². The van der Waals surface area contributed by atoms with Crippen LogP contribution >= 0.6 is 11.3 Å². The van der Waals surface area contributed by atoms with E-state index in [1.807, 2.05) is 17.5 Å². The first kappa shape index (κ1) is 15.3. The second kappa shape index (κ2) is 7.13. The minimum Gasteiger partial charge on any atom is -0.379 e. The molecule has 0 aromatic carbocycles. The Morgan fingerprint density at radius 3 is 2.96 bits per heavy atom. The third kappa shape index (κ3) is 3.83. The van der Waals surface area contributed by atoms with Crippen LogP contribution in [0.5, 0.6) is 0 Å². The summed E-state index contributed by atoms with van der Waals surface area (Å²) in [5.74, 6) is 1.84. The van der Waals surface area contributed by atoms with E-state index in [4.69, 9.17) is 4.74 Å². The molecule has 0 unspecified atom stereocenters. The molecular weight excluding hydrogens is 308 g/mol. The van der Waals surface area contributed by atoms with Gasteiger partial charge in [-0.3, -0.25) is 9.80 Å². The van der Waals surface area contributed by atoms with Crippen molar-refractivity contribution in [2.75, 3.05) is 39.4 Å². The number of rotatable bonds is 4. The lowest BCUT2D eigenvalue weighted by Gasteiger charge is -2.31. The molecule has 0 bridgehead atoms. The van der Waals surface area contributed by atoms with Crippen molar-refractivity contribution in [2.45, 2.75) is 19.6 Å². The number of thiophene rings is 1. The molecular formula is C17H24N4OS. The lowest BCUT2D eigenvalue weighted by Crippen LogP contribution is -2.42. The van der Waals surface area contributed by atoms with Gasteiger partial charge in [-0.25, -0.2) is 4.98 Å². The normalized spacial score (nSPS) is 23.6. The summed E-state index contributed by atoms with van der Waals surface area (Å²) in [6, 6.07) is 4.38. The van der Waals surface area contributed by atoms with Gasteiger partial charge in [0.1, 0.15) is 5.82 Å². The second-order valence-electron chi connectivity index (χ2n) is 6.52. The number of hydrogen-bond acceptors (Lipinski definition) is 5. The fourth-order valence-electron chi connectivity index (χ4n) is 3.63. The highest BCUT2D eigenvalue weighted by Gasteiger charge is 2.25. The molecule has 2 aliphatic rings. The Hall–Kier alpha value is -1.21. The third-order valence-corrected chi connectivity index (χ3v) is 5.58. The summed E-state index contributed by atoms with van der Waals surface area (Å²) in [4.78, 5) is 11.1. The highest BCUT2D eigenvalue weighted by atomic mass is 32.1. The number of fused-ring (bicyclic) bond motifs is 1. The van der Waals surface area contributed by atoms with E-state index >= 15 is 0 Å². The van der Waals surface area contributed by atoms with E-state index in [2.05, 4.69) is 43.1 Å². The molecule has 1 atom stereocenters. The lowest BCUT2D eigenvalue weighted by molar-refractivity contribution is 0.0266. The minimum atomic E-state index is 0.642. The molecule has 4 heterocycles. The van der Waals surface area contributed by atoms with Crippen LogP contribution in [0.15, 0.2) is 29.9 Å². The van der Waals surface area contributed by atoms with E-state index in [9.17, 15) is 0 Å². The largest absolute Gasteiger partial charge is 0.379 e. The van der Waals surface area contributed by atoms with E-state index in [1.165, 1.54) is 10.7 Å². The summed E-state index contributed by atoms with van der Waals surface area (Å²) in [5.41, 5.74) is 0. The maximum Gasteiger partial charge on any atom is 0.122 e. The van der Waals surface area contributed by atoms with Gasteiger partial charge < -0.3 is 9.30 Å². The van der Waals surface area contributed by atoms with Gasteiger partial charge in [-0.1, -0.05) is 6.07 Å². The molecule has 5 nitrogen and oxygen atoms in total. The van der Waals surface area contributed by atoms with E-state index < -0.39 is 0 Å². The van der Waals surface area contributed by atoms with Crippen LogP contribution in [-0.4, -0.2) is 58.7 Å². The number of nitrogens with zero attached hydrogens (tertiary/aromatic N) is 4. The Labute approximate surface area is 141 Å². The topological polar surface area (TPSA) is 33.5 Å². The van der Waals surface area contributed by atoms with Crippen LogP contribution < -0.4 is 0 Å². The fraction of sp³-hybridized carbons (Fsp3) is 0.588. The Morgan fingerprint density at radius 1 is 1.22 bits per heavy atom. The Kier molecular flexibility index (Phi) is 4.75. The van der Waals surface area contributed by atoms with E-state index in [0.717, 1.165) is 59.0 Å². The van der Waals surface area contributed by atoms with Gasteiger partial charge in [0.25, 0.3) is 0 Å². The highest BCUT2D eigenvalue weighted by molar-refractivity contribution is 7.09. The van der Waals surface area contributed by atoms with Crippen LogP contribution in [0.2, 0.25) is 0 Å². The van der Waals surface area contributed by atoms with Gasteiger partial charge in [0.15, 0.2) is 0 Å². The summed E-state index contributed by atoms with van der Waals surface area (Å²) in [6.45, 7) is 9.24. The Balaban J connectivity index is 1.47. The van der Waals surface area contributed by atoms with Crippen LogP contribution in [0, 0.1) is 5.92 Å². The van der Waals surface area contributed by atoms with Gasteiger partial charge in [0.2, 0.25) is 0 Å². The molecule has 2 aliphatic heterocycles. The summed E-state index contributed by atoms with van der Waals surface area (Å²) in [5, 5.41) is 2.17. The zero-order chi connectivity index (χ0) is 15.5.